The van der Waals surface area contributed by atoms with Crippen molar-refractivity contribution in [3.8, 4) is 0 Å². The molecule has 0 unspecified atom stereocenters. The van der Waals surface area contributed by atoms with Gasteiger partial charge in [0, 0.05) is 12.6 Å². The van der Waals surface area contributed by atoms with Crippen LogP contribution in [0.1, 0.15) is 33.1 Å². The average Bonchev–Trinajstić information content (AvgIpc) is 2.62. The molecule has 4 N–H and O–H groups in total. The minimum atomic E-state index is -0.981. The minimum absolute atomic E-state index is 0.232. The van der Waals surface area contributed by atoms with Crippen molar-refractivity contribution in [3.63, 3.8) is 0 Å². The summed E-state index contributed by atoms with van der Waals surface area (Å²) in [6.07, 6.45) is 2.93. The van der Waals surface area contributed by atoms with Gasteiger partial charge in [-0.1, -0.05) is 20.3 Å². The molecule has 160 valence electrons. The second kappa shape index (κ2) is 10.1. The lowest BCUT2D eigenvalue weighted by atomic mass is 9.85. The minimum Gasteiger partial charge on any atom is -0.331 e. The van der Waals surface area contributed by atoms with E-state index in [1.165, 1.54) is 10.4 Å². The van der Waals surface area contributed by atoms with E-state index in [1.54, 1.807) is 13.8 Å². The summed E-state index contributed by atoms with van der Waals surface area (Å²) in [6.45, 7) is 3.43. The standard InChI is InChI=1S/C19H26F2N4O4/c1-11(2)17(23-19(28)22-15-7-6-13(20)8-14(15)21)18(27)25(10-16(26)24-29)9-12-4-3-5-12/h6-8,11-12,17,29H,3-5,9-10H2,1-2H3,(H,24,26)(H2,22,23,28)/t17-/m0/s1. The van der Waals surface area contributed by atoms with Crippen LogP contribution in [0.3, 0.4) is 0 Å². The van der Waals surface area contributed by atoms with Crippen LogP contribution in [0.5, 0.6) is 0 Å². The number of benzene rings is 1. The van der Waals surface area contributed by atoms with Gasteiger partial charge in [0.05, 0.1) is 5.69 Å². The first-order valence-corrected chi connectivity index (χ1v) is 9.45. The quantitative estimate of drug-likeness (QED) is 0.388. The summed E-state index contributed by atoms with van der Waals surface area (Å²) in [7, 11) is 0. The SMILES string of the molecule is CC(C)[C@H](NC(=O)Nc1ccc(F)cc1F)C(=O)N(CC(=O)NO)CC1CCC1. The van der Waals surface area contributed by atoms with Crippen LogP contribution in [0, 0.1) is 23.5 Å². The fourth-order valence-corrected chi connectivity index (χ4v) is 3.03. The second-order valence-corrected chi connectivity index (χ2v) is 7.49. The van der Waals surface area contributed by atoms with E-state index in [4.69, 9.17) is 5.21 Å². The summed E-state index contributed by atoms with van der Waals surface area (Å²) in [5.41, 5.74) is 1.28. The summed E-state index contributed by atoms with van der Waals surface area (Å²) >= 11 is 0. The van der Waals surface area contributed by atoms with E-state index in [0.29, 0.717) is 12.6 Å². The van der Waals surface area contributed by atoms with E-state index < -0.39 is 35.5 Å². The van der Waals surface area contributed by atoms with Crippen LogP contribution in [0.25, 0.3) is 0 Å². The van der Waals surface area contributed by atoms with Crippen LogP contribution in [0.4, 0.5) is 19.3 Å². The molecule has 1 aliphatic carbocycles. The third-order valence-corrected chi connectivity index (χ3v) is 4.87. The van der Waals surface area contributed by atoms with Gasteiger partial charge in [0.2, 0.25) is 5.91 Å². The predicted molar refractivity (Wildman–Crippen MR) is 101 cm³/mol. The number of anilines is 1. The predicted octanol–water partition coefficient (Wildman–Crippen LogP) is 2.24. The van der Waals surface area contributed by atoms with Gasteiger partial charge in [0.1, 0.15) is 24.2 Å². The number of carbonyl (C=O) groups is 3. The van der Waals surface area contributed by atoms with Gasteiger partial charge in [-0.25, -0.2) is 19.1 Å². The van der Waals surface area contributed by atoms with Gasteiger partial charge < -0.3 is 15.5 Å². The highest BCUT2D eigenvalue weighted by atomic mass is 19.1. The third kappa shape index (κ3) is 6.38. The van der Waals surface area contributed by atoms with Gasteiger partial charge in [-0.3, -0.25) is 14.8 Å². The Bertz CT molecular complexity index is 756. The summed E-state index contributed by atoms with van der Waals surface area (Å²) in [6, 6.07) is 0.889. The van der Waals surface area contributed by atoms with E-state index in [0.717, 1.165) is 31.4 Å². The molecule has 2 rings (SSSR count). The summed E-state index contributed by atoms with van der Waals surface area (Å²) < 4.78 is 26.7. The first-order valence-electron chi connectivity index (χ1n) is 9.45. The molecule has 29 heavy (non-hydrogen) atoms. The maximum atomic E-state index is 13.7. The Hall–Kier alpha value is -2.75. The highest BCUT2D eigenvalue weighted by Gasteiger charge is 2.32. The van der Waals surface area contributed by atoms with Crippen LogP contribution in [-0.4, -0.2) is 47.1 Å². The van der Waals surface area contributed by atoms with Crippen LogP contribution in [-0.2, 0) is 9.59 Å². The van der Waals surface area contributed by atoms with Crippen LogP contribution >= 0.6 is 0 Å². The Labute approximate surface area is 167 Å². The van der Waals surface area contributed by atoms with E-state index >= 15 is 0 Å². The normalized spacial score (nSPS) is 14.7. The van der Waals surface area contributed by atoms with Gasteiger partial charge in [-0.2, -0.15) is 0 Å². The lowest BCUT2D eigenvalue weighted by molar-refractivity contribution is -0.142. The van der Waals surface area contributed by atoms with Crippen molar-refractivity contribution in [1.82, 2.24) is 15.7 Å². The number of nitrogens with one attached hydrogen (secondary N) is 3. The maximum absolute atomic E-state index is 13.7. The van der Waals surface area contributed by atoms with Crippen molar-refractivity contribution in [1.29, 1.82) is 0 Å². The molecule has 10 heteroatoms. The molecule has 0 bridgehead atoms. The fraction of sp³-hybridized carbons (Fsp3) is 0.526. The van der Waals surface area contributed by atoms with Crippen LogP contribution in [0.15, 0.2) is 18.2 Å². The number of halogens is 2. The van der Waals surface area contributed by atoms with Gasteiger partial charge in [0.25, 0.3) is 5.91 Å². The zero-order chi connectivity index (χ0) is 21.6. The van der Waals surface area contributed by atoms with Crippen molar-refractivity contribution < 1.29 is 28.4 Å². The van der Waals surface area contributed by atoms with Crippen molar-refractivity contribution in [2.45, 2.75) is 39.2 Å². The molecule has 1 fully saturated rings. The molecule has 1 aliphatic rings. The molecular weight excluding hydrogens is 386 g/mol. The summed E-state index contributed by atoms with van der Waals surface area (Å²) in [4.78, 5) is 38.2. The number of urea groups is 1. The zero-order valence-electron chi connectivity index (χ0n) is 16.4. The Kier molecular flexibility index (Phi) is 7.89. The molecule has 1 saturated carbocycles. The van der Waals surface area contributed by atoms with Crippen molar-refractivity contribution >= 4 is 23.5 Å². The first-order chi connectivity index (χ1) is 13.7. The Morgan fingerprint density at radius 1 is 1.24 bits per heavy atom. The Morgan fingerprint density at radius 3 is 2.45 bits per heavy atom. The smallest absolute Gasteiger partial charge is 0.319 e. The molecule has 0 heterocycles. The molecule has 8 nitrogen and oxygen atoms in total. The molecule has 0 aliphatic heterocycles. The number of hydrogen-bond acceptors (Lipinski definition) is 4. The van der Waals surface area contributed by atoms with Crippen molar-refractivity contribution in [2.24, 2.45) is 11.8 Å². The zero-order valence-corrected chi connectivity index (χ0v) is 16.4. The number of carbonyl (C=O) groups excluding carboxylic acids is 3. The van der Waals surface area contributed by atoms with Gasteiger partial charge in [-0.15, -0.1) is 0 Å². The van der Waals surface area contributed by atoms with Crippen LogP contribution < -0.4 is 16.1 Å². The number of nitrogens with zero attached hydrogens (tertiary/aromatic N) is 1. The lowest BCUT2D eigenvalue weighted by Gasteiger charge is -2.34. The maximum Gasteiger partial charge on any atom is 0.319 e. The van der Waals surface area contributed by atoms with E-state index in [9.17, 15) is 23.2 Å². The van der Waals surface area contributed by atoms with Gasteiger partial charge in [0.15, 0.2) is 0 Å². The largest absolute Gasteiger partial charge is 0.331 e. The number of hydrogen-bond donors (Lipinski definition) is 4. The van der Waals surface area contributed by atoms with Crippen molar-refractivity contribution in [3.05, 3.63) is 29.8 Å². The van der Waals surface area contributed by atoms with E-state index in [-0.39, 0.29) is 24.1 Å². The van der Waals surface area contributed by atoms with Gasteiger partial charge in [-0.05, 0) is 36.8 Å². The molecule has 0 aromatic heterocycles. The fourth-order valence-electron chi connectivity index (χ4n) is 3.03. The first kappa shape index (κ1) is 22.5. The molecule has 1 atom stereocenters. The second-order valence-electron chi connectivity index (χ2n) is 7.49. The molecule has 1 aromatic carbocycles. The molecule has 4 amide bonds. The summed E-state index contributed by atoms with van der Waals surface area (Å²) in [5, 5.41) is 13.5. The highest BCUT2D eigenvalue weighted by molar-refractivity contribution is 5.94. The average molecular weight is 412 g/mol. The molecule has 1 aromatic rings. The third-order valence-electron chi connectivity index (χ3n) is 4.87. The number of amides is 4. The molecular formula is C19H26F2N4O4. The highest BCUT2D eigenvalue weighted by Crippen LogP contribution is 2.27. The van der Waals surface area contributed by atoms with Gasteiger partial charge >= 0.3 is 6.03 Å². The summed E-state index contributed by atoms with van der Waals surface area (Å²) in [5.74, 6) is -3.01. The topological polar surface area (TPSA) is 111 Å². The lowest BCUT2D eigenvalue weighted by Crippen LogP contribution is -2.55. The molecule has 0 radical (unpaired) electrons. The van der Waals surface area contributed by atoms with E-state index in [1.807, 2.05) is 0 Å². The molecule has 0 saturated heterocycles. The Balaban J connectivity index is 2.08. The van der Waals surface area contributed by atoms with Crippen molar-refractivity contribution in [2.75, 3.05) is 18.4 Å². The Morgan fingerprint density at radius 2 is 1.93 bits per heavy atom. The molecule has 0 spiro atoms. The number of rotatable bonds is 8. The monoisotopic (exact) mass is 412 g/mol. The van der Waals surface area contributed by atoms with Crippen LogP contribution in [0.2, 0.25) is 0 Å². The number of hydroxylamine groups is 1. The van der Waals surface area contributed by atoms with E-state index in [2.05, 4.69) is 10.6 Å².